The van der Waals surface area contributed by atoms with Gasteiger partial charge < -0.3 is 5.32 Å². The zero-order valence-corrected chi connectivity index (χ0v) is 17.8. The van der Waals surface area contributed by atoms with Crippen LogP contribution in [-0.2, 0) is 14.8 Å². The Morgan fingerprint density at radius 1 is 0.931 bits per heavy atom. The highest BCUT2D eigenvalue weighted by Gasteiger charge is 2.27. The van der Waals surface area contributed by atoms with Crippen LogP contribution in [0.15, 0.2) is 77.7 Å². The predicted octanol–water partition coefficient (Wildman–Crippen LogP) is 5.14. The minimum Gasteiger partial charge on any atom is -0.324 e. The van der Waals surface area contributed by atoms with Crippen molar-refractivity contribution in [3.8, 4) is 0 Å². The lowest BCUT2D eigenvalue weighted by Crippen LogP contribution is -2.38. The summed E-state index contributed by atoms with van der Waals surface area (Å²) in [4.78, 5) is 12.7. The van der Waals surface area contributed by atoms with E-state index >= 15 is 0 Å². The van der Waals surface area contributed by atoms with Crippen molar-refractivity contribution >= 4 is 50.5 Å². The van der Waals surface area contributed by atoms with Crippen molar-refractivity contribution in [2.45, 2.75) is 11.8 Å². The normalized spacial score (nSPS) is 11.1. The van der Waals surface area contributed by atoms with Crippen molar-refractivity contribution in [2.75, 3.05) is 16.2 Å². The van der Waals surface area contributed by atoms with E-state index in [-0.39, 0.29) is 4.90 Å². The fraction of sp³-hybridized carbons (Fsp3) is 0.0952. The summed E-state index contributed by atoms with van der Waals surface area (Å²) in [6, 6.07) is 19.5. The Hall–Kier alpha value is -2.54. The van der Waals surface area contributed by atoms with Gasteiger partial charge in [0.15, 0.2) is 0 Å². The lowest BCUT2D eigenvalue weighted by atomic mass is 10.2. The van der Waals surface area contributed by atoms with Gasteiger partial charge in [0.25, 0.3) is 10.0 Å². The number of anilines is 2. The molecule has 0 unspecified atom stereocenters. The van der Waals surface area contributed by atoms with Crippen LogP contribution in [0, 0.1) is 6.92 Å². The molecule has 0 heterocycles. The molecule has 8 heteroatoms. The highest BCUT2D eigenvalue weighted by atomic mass is 35.5. The topological polar surface area (TPSA) is 66.5 Å². The fourth-order valence-corrected chi connectivity index (χ4v) is 4.65. The molecule has 1 N–H and O–H groups in total. The van der Waals surface area contributed by atoms with Crippen molar-refractivity contribution in [3.05, 3.63) is 88.4 Å². The molecular weight excluding hydrogens is 431 g/mol. The Labute approximate surface area is 179 Å². The lowest BCUT2D eigenvalue weighted by Gasteiger charge is -2.24. The monoisotopic (exact) mass is 448 g/mol. The van der Waals surface area contributed by atoms with Gasteiger partial charge in [-0.05, 0) is 49.4 Å². The van der Waals surface area contributed by atoms with E-state index in [0.717, 1.165) is 9.87 Å². The zero-order valence-electron chi connectivity index (χ0n) is 15.5. The van der Waals surface area contributed by atoms with E-state index in [1.54, 1.807) is 42.5 Å². The fourth-order valence-electron chi connectivity index (χ4n) is 2.70. The van der Waals surface area contributed by atoms with Gasteiger partial charge in [0.1, 0.15) is 6.54 Å². The standard InChI is InChI=1S/C21H18Cl2N2O3S/c1-15-7-9-20(10-8-15)29(27,28)25(19-5-3-2-4-6-19)14-21(26)24-18-12-16(22)11-17(23)13-18/h2-13H,14H2,1H3,(H,24,26). The highest BCUT2D eigenvalue weighted by Crippen LogP contribution is 2.25. The molecule has 0 fully saturated rings. The maximum absolute atomic E-state index is 13.2. The van der Waals surface area contributed by atoms with E-state index in [1.807, 2.05) is 6.92 Å². The Morgan fingerprint density at radius 2 is 1.52 bits per heavy atom. The summed E-state index contributed by atoms with van der Waals surface area (Å²) in [5.41, 5.74) is 1.70. The van der Waals surface area contributed by atoms with Gasteiger partial charge in [0.05, 0.1) is 10.6 Å². The number of halogens is 2. The first-order valence-electron chi connectivity index (χ1n) is 8.66. The van der Waals surface area contributed by atoms with Gasteiger partial charge in [0, 0.05) is 15.7 Å². The Kier molecular flexibility index (Phi) is 6.47. The molecule has 0 radical (unpaired) electrons. The smallest absolute Gasteiger partial charge is 0.264 e. The van der Waals surface area contributed by atoms with Crippen molar-refractivity contribution in [1.82, 2.24) is 0 Å². The van der Waals surface area contributed by atoms with Crippen LogP contribution in [0.25, 0.3) is 0 Å². The number of nitrogens with one attached hydrogen (secondary N) is 1. The molecule has 3 aromatic carbocycles. The molecule has 0 saturated heterocycles. The Morgan fingerprint density at radius 3 is 2.10 bits per heavy atom. The van der Waals surface area contributed by atoms with Crippen molar-refractivity contribution in [3.63, 3.8) is 0 Å². The molecule has 0 aliphatic rings. The number of amides is 1. The number of hydrogen-bond donors (Lipinski definition) is 1. The molecule has 0 aliphatic carbocycles. The summed E-state index contributed by atoms with van der Waals surface area (Å²) in [5.74, 6) is -0.525. The minimum absolute atomic E-state index is 0.102. The average molecular weight is 449 g/mol. The first kappa shape index (κ1) is 21.2. The van der Waals surface area contributed by atoms with Crippen LogP contribution in [0.4, 0.5) is 11.4 Å². The molecule has 0 spiro atoms. The predicted molar refractivity (Wildman–Crippen MR) is 117 cm³/mol. The van der Waals surface area contributed by atoms with Gasteiger partial charge in [-0.2, -0.15) is 0 Å². The molecule has 5 nitrogen and oxygen atoms in total. The molecule has 0 bridgehead atoms. The van der Waals surface area contributed by atoms with E-state index in [9.17, 15) is 13.2 Å². The van der Waals surface area contributed by atoms with Crippen LogP contribution in [0.2, 0.25) is 10.0 Å². The average Bonchev–Trinajstić information content (AvgIpc) is 2.66. The van der Waals surface area contributed by atoms with E-state index < -0.39 is 22.5 Å². The summed E-state index contributed by atoms with van der Waals surface area (Å²) in [7, 11) is -3.95. The number of carbonyl (C=O) groups excluding carboxylic acids is 1. The summed E-state index contributed by atoms with van der Waals surface area (Å²) in [6.07, 6.45) is 0. The Balaban J connectivity index is 1.92. The third-order valence-corrected chi connectivity index (χ3v) is 6.31. The molecule has 29 heavy (non-hydrogen) atoms. The van der Waals surface area contributed by atoms with E-state index in [1.165, 1.54) is 30.3 Å². The van der Waals surface area contributed by atoms with Crippen LogP contribution in [0.3, 0.4) is 0 Å². The highest BCUT2D eigenvalue weighted by molar-refractivity contribution is 7.92. The third-order valence-electron chi connectivity index (χ3n) is 4.09. The second-order valence-electron chi connectivity index (χ2n) is 6.37. The van der Waals surface area contributed by atoms with Crippen LogP contribution in [0.1, 0.15) is 5.56 Å². The number of para-hydroxylation sites is 1. The molecule has 0 saturated carbocycles. The number of benzene rings is 3. The molecule has 0 atom stereocenters. The molecule has 0 aliphatic heterocycles. The van der Waals surface area contributed by atoms with Crippen LogP contribution in [-0.4, -0.2) is 20.9 Å². The molecule has 3 rings (SSSR count). The Bertz CT molecular complexity index is 1100. The van der Waals surface area contributed by atoms with Gasteiger partial charge in [-0.15, -0.1) is 0 Å². The molecule has 150 valence electrons. The number of carbonyl (C=O) groups is 1. The van der Waals surface area contributed by atoms with Crippen LogP contribution < -0.4 is 9.62 Å². The van der Waals surface area contributed by atoms with Crippen molar-refractivity contribution in [1.29, 1.82) is 0 Å². The number of nitrogens with zero attached hydrogens (tertiary/aromatic N) is 1. The number of hydrogen-bond acceptors (Lipinski definition) is 3. The largest absolute Gasteiger partial charge is 0.324 e. The third kappa shape index (κ3) is 5.29. The lowest BCUT2D eigenvalue weighted by molar-refractivity contribution is -0.114. The first-order valence-corrected chi connectivity index (χ1v) is 10.9. The first-order chi connectivity index (χ1) is 13.8. The second kappa shape index (κ2) is 8.86. The molecule has 1 amide bonds. The SMILES string of the molecule is Cc1ccc(S(=O)(=O)N(CC(=O)Nc2cc(Cl)cc(Cl)c2)c2ccccc2)cc1. The van der Waals surface area contributed by atoms with Crippen LogP contribution in [0.5, 0.6) is 0 Å². The number of sulfonamides is 1. The van der Waals surface area contributed by atoms with Gasteiger partial charge in [-0.3, -0.25) is 9.10 Å². The van der Waals surface area contributed by atoms with Gasteiger partial charge in [-0.1, -0.05) is 59.1 Å². The minimum atomic E-state index is -3.95. The molecule has 0 aromatic heterocycles. The second-order valence-corrected chi connectivity index (χ2v) is 9.10. The maximum Gasteiger partial charge on any atom is 0.264 e. The quantitative estimate of drug-likeness (QED) is 0.567. The van der Waals surface area contributed by atoms with Gasteiger partial charge in [0.2, 0.25) is 5.91 Å². The maximum atomic E-state index is 13.2. The summed E-state index contributed by atoms with van der Waals surface area (Å²) in [5, 5.41) is 3.36. The van der Waals surface area contributed by atoms with E-state index in [2.05, 4.69) is 5.32 Å². The van der Waals surface area contributed by atoms with E-state index in [4.69, 9.17) is 23.2 Å². The van der Waals surface area contributed by atoms with Gasteiger partial charge in [-0.25, -0.2) is 8.42 Å². The number of aryl methyl sites for hydroxylation is 1. The summed E-state index contributed by atoms with van der Waals surface area (Å²) < 4.78 is 27.6. The van der Waals surface area contributed by atoms with Crippen LogP contribution >= 0.6 is 23.2 Å². The summed E-state index contributed by atoms with van der Waals surface area (Å²) in [6.45, 7) is 1.46. The number of rotatable bonds is 6. The zero-order chi connectivity index (χ0) is 21.0. The van der Waals surface area contributed by atoms with Crippen molar-refractivity contribution < 1.29 is 13.2 Å². The van der Waals surface area contributed by atoms with E-state index in [0.29, 0.717) is 21.4 Å². The molecule has 3 aromatic rings. The summed E-state index contributed by atoms with van der Waals surface area (Å²) >= 11 is 11.9. The molecular formula is C21H18Cl2N2O3S. The van der Waals surface area contributed by atoms with Crippen molar-refractivity contribution in [2.24, 2.45) is 0 Å². The van der Waals surface area contributed by atoms with Gasteiger partial charge >= 0.3 is 0 Å².